The lowest BCUT2D eigenvalue weighted by Crippen LogP contribution is -1.73. The molecule has 14 heavy (non-hydrogen) atoms. The molecule has 4 heteroatoms. The monoisotopic (exact) mass is 241 g/mol. The number of hydrogen-bond donors (Lipinski definition) is 0. The first-order valence-electron chi connectivity index (χ1n) is 3.95. The molecule has 1 nitrogen and oxygen atoms in total. The van der Waals surface area contributed by atoms with Crippen molar-refractivity contribution < 1.29 is 0 Å². The molecule has 1 heterocycles. The van der Waals surface area contributed by atoms with Gasteiger partial charge in [0, 0.05) is 20.0 Å². The molecular formula is C10H5Cl2NS. The van der Waals surface area contributed by atoms with E-state index < -0.39 is 0 Å². The molecule has 1 aromatic carbocycles. The Balaban J connectivity index is 2.69. The number of nitrogens with zero attached hydrogens (tertiary/aromatic N) is 1. The second kappa shape index (κ2) is 3.78. The van der Waals surface area contributed by atoms with Crippen molar-refractivity contribution in [3.05, 3.63) is 33.1 Å². The zero-order chi connectivity index (χ0) is 10.1. The van der Waals surface area contributed by atoms with Crippen LogP contribution >= 0.6 is 34.5 Å². The number of nitriles is 1. The maximum absolute atomic E-state index is 8.60. The molecule has 0 atom stereocenters. The maximum Gasteiger partial charge on any atom is 0.0711 e. The summed E-state index contributed by atoms with van der Waals surface area (Å²) < 4.78 is 1.07. The third kappa shape index (κ3) is 1.59. The Labute approximate surface area is 95.5 Å². The zero-order valence-electron chi connectivity index (χ0n) is 7.05. The summed E-state index contributed by atoms with van der Waals surface area (Å²) in [7, 11) is 0. The number of halogens is 2. The maximum atomic E-state index is 8.60. The van der Waals surface area contributed by atoms with E-state index >= 15 is 0 Å². The molecule has 2 aromatic rings. The molecule has 70 valence electrons. The lowest BCUT2D eigenvalue weighted by atomic mass is 10.2. The van der Waals surface area contributed by atoms with Gasteiger partial charge < -0.3 is 0 Å². The molecule has 0 bridgehead atoms. The van der Waals surface area contributed by atoms with Gasteiger partial charge in [-0.3, -0.25) is 0 Å². The predicted molar refractivity (Wildman–Crippen MR) is 61.2 cm³/mol. The van der Waals surface area contributed by atoms with Crippen molar-refractivity contribution in [1.29, 1.82) is 5.26 Å². The SMILES string of the molecule is N#CCc1sc2ccc(Cl)cc2c1Cl. The average Bonchev–Trinajstić information content (AvgIpc) is 2.46. The van der Waals surface area contributed by atoms with Crippen LogP contribution < -0.4 is 0 Å². The van der Waals surface area contributed by atoms with Crippen molar-refractivity contribution in [2.45, 2.75) is 6.42 Å². The van der Waals surface area contributed by atoms with Gasteiger partial charge in [-0.05, 0) is 18.2 Å². The highest BCUT2D eigenvalue weighted by Crippen LogP contribution is 2.36. The molecular weight excluding hydrogens is 237 g/mol. The Morgan fingerprint density at radius 2 is 2.14 bits per heavy atom. The summed E-state index contributed by atoms with van der Waals surface area (Å²) in [6.45, 7) is 0. The van der Waals surface area contributed by atoms with Gasteiger partial charge in [0.05, 0.1) is 17.5 Å². The van der Waals surface area contributed by atoms with Gasteiger partial charge >= 0.3 is 0 Å². The first-order valence-corrected chi connectivity index (χ1v) is 5.53. The van der Waals surface area contributed by atoms with Crippen molar-refractivity contribution in [2.75, 3.05) is 0 Å². The Morgan fingerprint density at radius 1 is 1.36 bits per heavy atom. The summed E-state index contributed by atoms with van der Waals surface area (Å²) in [5, 5.41) is 10.9. The van der Waals surface area contributed by atoms with E-state index in [1.165, 1.54) is 0 Å². The van der Waals surface area contributed by atoms with Crippen LogP contribution in [0, 0.1) is 11.3 Å². The highest BCUT2D eigenvalue weighted by atomic mass is 35.5. The van der Waals surface area contributed by atoms with Crippen LogP contribution in [0.4, 0.5) is 0 Å². The highest BCUT2D eigenvalue weighted by molar-refractivity contribution is 7.19. The molecule has 0 aliphatic carbocycles. The fourth-order valence-corrected chi connectivity index (χ4v) is 2.85. The molecule has 0 radical (unpaired) electrons. The van der Waals surface area contributed by atoms with Gasteiger partial charge in [-0.25, -0.2) is 0 Å². The van der Waals surface area contributed by atoms with E-state index in [9.17, 15) is 0 Å². The summed E-state index contributed by atoms with van der Waals surface area (Å²) in [6.07, 6.45) is 0.357. The van der Waals surface area contributed by atoms with Gasteiger partial charge in [0.2, 0.25) is 0 Å². The third-order valence-corrected chi connectivity index (χ3v) is 3.85. The van der Waals surface area contributed by atoms with E-state index in [0.717, 1.165) is 15.0 Å². The van der Waals surface area contributed by atoms with Crippen LogP contribution in [0.25, 0.3) is 10.1 Å². The fourth-order valence-electron chi connectivity index (χ4n) is 1.28. The van der Waals surface area contributed by atoms with Gasteiger partial charge in [-0.1, -0.05) is 23.2 Å². The van der Waals surface area contributed by atoms with E-state index in [1.54, 1.807) is 11.3 Å². The summed E-state index contributed by atoms with van der Waals surface area (Å²) in [5.74, 6) is 0. The highest BCUT2D eigenvalue weighted by Gasteiger charge is 2.09. The molecule has 0 N–H and O–H groups in total. The van der Waals surface area contributed by atoms with Crippen molar-refractivity contribution in [1.82, 2.24) is 0 Å². The van der Waals surface area contributed by atoms with Gasteiger partial charge in [0.25, 0.3) is 0 Å². The van der Waals surface area contributed by atoms with Crippen molar-refractivity contribution >= 4 is 44.6 Å². The number of thiophene rings is 1. The molecule has 0 saturated carbocycles. The summed E-state index contributed by atoms with van der Waals surface area (Å²) in [5.41, 5.74) is 0. The number of fused-ring (bicyclic) bond motifs is 1. The Morgan fingerprint density at radius 3 is 2.86 bits per heavy atom. The molecule has 0 spiro atoms. The van der Waals surface area contributed by atoms with E-state index in [0.29, 0.717) is 16.5 Å². The fraction of sp³-hybridized carbons (Fsp3) is 0.100. The quantitative estimate of drug-likeness (QED) is 0.732. The predicted octanol–water partition coefficient (Wildman–Crippen LogP) is 4.27. The first-order chi connectivity index (χ1) is 6.72. The van der Waals surface area contributed by atoms with Crippen molar-refractivity contribution in [2.24, 2.45) is 0 Å². The molecule has 0 saturated heterocycles. The van der Waals surface area contributed by atoms with Crippen molar-refractivity contribution in [3.63, 3.8) is 0 Å². The van der Waals surface area contributed by atoms with Gasteiger partial charge in [0.1, 0.15) is 0 Å². The van der Waals surface area contributed by atoms with Gasteiger partial charge in [-0.2, -0.15) is 5.26 Å². The molecule has 1 aromatic heterocycles. The molecule has 0 aliphatic rings. The smallest absolute Gasteiger partial charge is 0.0711 e. The van der Waals surface area contributed by atoms with Crippen LogP contribution in [0.3, 0.4) is 0 Å². The van der Waals surface area contributed by atoms with Crippen LogP contribution in [0.2, 0.25) is 10.0 Å². The number of rotatable bonds is 1. The van der Waals surface area contributed by atoms with E-state index in [-0.39, 0.29) is 0 Å². The first kappa shape index (κ1) is 9.79. The normalized spacial score (nSPS) is 10.4. The average molecular weight is 242 g/mol. The standard InChI is InChI=1S/C10H5Cl2NS/c11-6-1-2-8-7(5-6)10(12)9(14-8)3-4-13/h1-2,5H,3H2. The summed E-state index contributed by atoms with van der Waals surface area (Å²) >= 11 is 13.5. The molecule has 0 aliphatic heterocycles. The van der Waals surface area contributed by atoms with Crippen LogP contribution in [-0.4, -0.2) is 0 Å². The topological polar surface area (TPSA) is 23.8 Å². The summed E-state index contributed by atoms with van der Waals surface area (Å²) in [4.78, 5) is 0.909. The van der Waals surface area contributed by atoms with Gasteiger partial charge in [0.15, 0.2) is 0 Å². The second-order valence-electron chi connectivity index (χ2n) is 2.81. The minimum Gasteiger partial charge on any atom is -0.198 e. The van der Waals surface area contributed by atoms with E-state index in [4.69, 9.17) is 28.5 Å². The molecule has 0 unspecified atom stereocenters. The third-order valence-electron chi connectivity index (χ3n) is 1.90. The molecule has 2 rings (SSSR count). The van der Waals surface area contributed by atoms with Crippen molar-refractivity contribution in [3.8, 4) is 6.07 Å². The minimum atomic E-state index is 0.357. The van der Waals surface area contributed by atoms with Crippen LogP contribution in [0.5, 0.6) is 0 Å². The minimum absolute atomic E-state index is 0.357. The van der Waals surface area contributed by atoms with E-state index in [2.05, 4.69) is 6.07 Å². The molecule has 0 amide bonds. The lowest BCUT2D eigenvalue weighted by molar-refractivity contribution is 1.32. The van der Waals surface area contributed by atoms with E-state index in [1.807, 2.05) is 18.2 Å². The van der Waals surface area contributed by atoms with Crippen LogP contribution in [0.15, 0.2) is 18.2 Å². The Bertz CT molecular complexity index is 525. The molecule has 0 fully saturated rings. The number of benzene rings is 1. The largest absolute Gasteiger partial charge is 0.198 e. The van der Waals surface area contributed by atoms with Crippen LogP contribution in [0.1, 0.15) is 4.88 Å². The summed E-state index contributed by atoms with van der Waals surface area (Å²) in [6, 6.07) is 7.68. The second-order valence-corrected chi connectivity index (χ2v) is 4.77. The lowest BCUT2D eigenvalue weighted by Gasteiger charge is -1.91. The van der Waals surface area contributed by atoms with Crippen LogP contribution in [-0.2, 0) is 6.42 Å². The zero-order valence-corrected chi connectivity index (χ0v) is 9.38. The Kier molecular flexibility index (Phi) is 2.64. The Hall–Kier alpha value is -0.750. The number of hydrogen-bond acceptors (Lipinski definition) is 2. The van der Waals surface area contributed by atoms with Gasteiger partial charge in [-0.15, -0.1) is 11.3 Å².